The van der Waals surface area contributed by atoms with Gasteiger partial charge >= 0.3 is 5.97 Å². The number of ether oxygens (including phenoxy) is 3. The van der Waals surface area contributed by atoms with Crippen LogP contribution in [0.25, 0.3) is 0 Å². The second-order valence-corrected chi connectivity index (χ2v) is 8.67. The smallest absolute Gasteiger partial charge is 0.303 e. The number of amides is 2. The highest BCUT2D eigenvalue weighted by Gasteiger charge is 2.31. The van der Waals surface area contributed by atoms with Gasteiger partial charge in [0.05, 0.1) is 12.4 Å². The number of carboxylic acids is 1. The molecule has 0 aliphatic carbocycles. The van der Waals surface area contributed by atoms with Crippen molar-refractivity contribution in [2.45, 2.75) is 37.0 Å². The van der Waals surface area contributed by atoms with Crippen molar-refractivity contribution < 1.29 is 38.5 Å². The number of hydrogen-bond donors (Lipinski definition) is 2. The van der Waals surface area contributed by atoms with Gasteiger partial charge in [-0.05, 0) is 48.2 Å². The van der Waals surface area contributed by atoms with Gasteiger partial charge in [0.2, 0.25) is 5.91 Å². The van der Waals surface area contributed by atoms with Gasteiger partial charge in [-0.15, -0.1) is 0 Å². The van der Waals surface area contributed by atoms with Gasteiger partial charge in [0.1, 0.15) is 30.5 Å². The molecule has 2 N–H and O–H groups in total. The van der Waals surface area contributed by atoms with Crippen LogP contribution in [0.15, 0.2) is 48.5 Å². The Balaban J connectivity index is 0.000000466. The quantitative estimate of drug-likeness (QED) is 0.328. The second-order valence-electron chi connectivity index (χ2n) is 7.49. The molecule has 3 rings (SSSR count). The largest absolute Gasteiger partial charge is 0.497 e. The lowest BCUT2D eigenvalue weighted by molar-refractivity contribution is -0.137. The number of imide groups is 1. The lowest BCUT2D eigenvalue weighted by Crippen LogP contribution is -2.25. The van der Waals surface area contributed by atoms with E-state index in [9.17, 15) is 19.2 Å². The van der Waals surface area contributed by atoms with Crippen LogP contribution in [-0.4, -0.2) is 54.6 Å². The third kappa shape index (κ3) is 9.79. The zero-order valence-electron chi connectivity index (χ0n) is 19.6. The molecule has 188 valence electrons. The maximum Gasteiger partial charge on any atom is 0.303 e. The Morgan fingerprint density at radius 3 is 2.26 bits per heavy atom. The molecule has 1 aliphatic rings. The molecule has 0 bridgehead atoms. The average molecular weight is 504 g/mol. The van der Waals surface area contributed by atoms with Crippen molar-refractivity contribution in [3.8, 4) is 11.5 Å². The molecule has 0 saturated carbocycles. The van der Waals surface area contributed by atoms with E-state index >= 15 is 0 Å². The number of unbranched alkanes of at least 4 members (excludes halogenated alkanes) is 1. The Labute approximate surface area is 208 Å². The molecule has 1 fully saturated rings. The maximum atomic E-state index is 11.6. The van der Waals surface area contributed by atoms with Crippen LogP contribution in [0.1, 0.15) is 36.5 Å². The van der Waals surface area contributed by atoms with Gasteiger partial charge in [-0.25, -0.2) is 0 Å². The molecule has 1 heterocycles. The first kappa shape index (κ1) is 27.9. The van der Waals surface area contributed by atoms with Crippen molar-refractivity contribution in [3.63, 3.8) is 0 Å². The summed E-state index contributed by atoms with van der Waals surface area (Å²) in [5, 5.41) is 9.68. The minimum absolute atomic E-state index is 0.0960. The molecule has 1 saturated heterocycles. The minimum atomic E-state index is -0.841. The van der Waals surface area contributed by atoms with Crippen LogP contribution in [0.2, 0.25) is 0 Å². The number of aliphatic carboxylic acids is 1. The van der Waals surface area contributed by atoms with Crippen LogP contribution in [-0.2, 0) is 25.5 Å². The number of nitrogens with one attached hydrogen (secondary N) is 1. The predicted octanol–water partition coefficient (Wildman–Crippen LogP) is 3.80. The second kappa shape index (κ2) is 14.8. The van der Waals surface area contributed by atoms with Crippen molar-refractivity contribution in [1.29, 1.82) is 0 Å². The maximum absolute atomic E-state index is 11.6. The first-order chi connectivity index (χ1) is 16.9. The minimum Gasteiger partial charge on any atom is -0.497 e. The fourth-order valence-corrected chi connectivity index (χ4v) is 3.95. The first-order valence-electron chi connectivity index (χ1n) is 10.9. The molecule has 9 nitrogen and oxygen atoms in total. The molecule has 2 aromatic rings. The van der Waals surface area contributed by atoms with E-state index in [0.717, 1.165) is 34.9 Å². The van der Waals surface area contributed by atoms with Crippen LogP contribution >= 0.6 is 11.8 Å². The Morgan fingerprint density at radius 1 is 1.09 bits per heavy atom. The molecule has 0 radical (unpaired) electrons. The summed E-state index contributed by atoms with van der Waals surface area (Å²) in [6.45, 7) is 0.373. The van der Waals surface area contributed by atoms with Gasteiger partial charge in [0.15, 0.2) is 0 Å². The van der Waals surface area contributed by atoms with Crippen molar-refractivity contribution >= 4 is 35.2 Å². The Bertz CT molecular complexity index is 978. The van der Waals surface area contributed by atoms with Gasteiger partial charge in [-0.2, -0.15) is 0 Å². The van der Waals surface area contributed by atoms with E-state index in [1.807, 2.05) is 48.5 Å². The van der Waals surface area contributed by atoms with E-state index in [0.29, 0.717) is 31.6 Å². The van der Waals surface area contributed by atoms with Crippen LogP contribution in [0, 0.1) is 0 Å². The topological polar surface area (TPSA) is 128 Å². The van der Waals surface area contributed by atoms with Crippen LogP contribution in [0.3, 0.4) is 0 Å². The Hall–Kier alpha value is -3.37. The van der Waals surface area contributed by atoms with E-state index in [2.05, 4.69) is 5.32 Å². The number of hydrogen-bond acceptors (Lipinski definition) is 8. The van der Waals surface area contributed by atoms with Crippen molar-refractivity contribution in [2.75, 3.05) is 20.8 Å². The van der Waals surface area contributed by atoms with E-state index in [1.54, 1.807) is 14.2 Å². The summed E-state index contributed by atoms with van der Waals surface area (Å²) in [6.07, 6.45) is 1.95. The number of methoxy groups -OCH3 is 2. The molecular weight excluding hydrogens is 474 g/mol. The highest BCUT2D eigenvalue weighted by molar-refractivity contribution is 8.15. The summed E-state index contributed by atoms with van der Waals surface area (Å²) in [5.74, 6) is 0.439. The standard InChI is InChI=1S/C20H21NO5S.C5H8O3/c1-24-15-9-5-14(6-10-15)17(25-2)12-26-16-7-3-13(4-8-16)11-18-19(22)21-20(23)27-18;6-4-2-1-3-5(7)8/h3-10,17-18H,11-12H2,1-2H3,(H,21,22,23);4H,1-3H2,(H,7,8). The fourth-order valence-electron chi connectivity index (χ4n) is 3.09. The number of carboxylic acid groups (broad SMARTS) is 1. The Morgan fingerprint density at radius 2 is 1.74 bits per heavy atom. The lowest BCUT2D eigenvalue weighted by Gasteiger charge is -2.17. The zero-order valence-corrected chi connectivity index (χ0v) is 20.4. The summed E-state index contributed by atoms with van der Waals surface area (Å²) in [4.78, 5) is 42.2. The van der Waals surface area contributed by atoms with Crippen LogP contribution in [0.4, 0.5) is 4.79 Å². The summed E-state index contributed by atoms with van der Waals surface area (Å²) in [6, 6.07) is 15.2. The molecule has 2 amide bonds. The molecule has 1 aliphatic heterocycles. The molecule has 0 aromatic heterocycles. The Kier molecular flexibility index (Phi) is 11.8. The van der Waals surface area contributed by atoms with Gasteiger partial charge in [0.25, 0.3) is 5.24 Å². The summed E-state index contributed by atoms with van der Waals surface area (Å²) < 4.78 is 16.5. The molecule has 35 heavy (non-hydrogen) atoms. The summed E-state index contributed by atoms with van der Waals surface area (Å²) in [5.41, 5.74) is 1.98. The van der Waals surface area contributed by atoms with Gasteiger partial charge < -0.3 is 24.1 Å². The highest BCUT2D eigenvalue weighted by Crippen LogP contribution is 2.25. The van der Waals surface area contributed by atoms with Crippen molar-refractivity contribution in [2.24, 2.45) is 0 Å². The summed E-state index contributed by atoms with van der Waals surface area (Å²) in [7, 11) is 3.28. The molecule has 2 aromatic carbocycles. The molecule has 2 unspecified atom stereocenters. The van der Waals surface area contributed by atoms with E-state index in [-0.39, 0.29) is 28.9 Å². The van der Waals surface area contributed by atoms with E-state index < -0.39 is 5.97 Å². The number of carbonyl (C=O) groups is 4. The summed E-state index contributed by atoms with van der Waals surface area (Å²) >= 11 is 1.03. The zero-order chi connectivity index (χ0) is 25.6. The number of carbonyl (C=O) groups excluding carboxylic acids is 3. The number of benzene rings is 2. The van der Waals surface area contributed by atoms with E-state index in [1.165, 1.54) is 0 Å². The third-order valence-electron chi connectivity index (χ3n) is 5.00. The number of thioether (sulfide) groups is 1. The first-order valence-corrected chi connectivity index (χ1v) is 11.8. The average Bonchev–Trinajstić information content (AvgIpc) is 3.17. The highest BCUT2D eigenvalue weighted by atomic mass is 32.2. The van der Waals surface area contributed by atoms with Crippen molar-refractivity contribution in [3.05, 3.63) is 59.7 Å². The fraction of sp³-hybridized carbons (Fsp3) is 0.360. The monoisotopic (exact) mass is 503 g/mol. The normalized spacial score (nSPS) is 15.4. The van der Waals surface area contributed by atoms with Gasteiger partial charge in [0, 0.05) is 20.0 Å². The predicted molar refractivity (Wildman–Crippen MR) is 131 cm³/mol. The molecular formula is C25H29NO8S. The molecule has 2 atom stereocenters. The van der Waals surface area contributed by atoms with Gasteiger partial charge in [-0.1, -0.05) is 36.0 Å². The SMILES string of the molecule is COc1ccc(C(COc2ccc(CC3SC(=O)NC3=O)cc2)OC)cc1.O=CCCCC(=O)O. The third-order valence-corrected chi connectivity index (χ3v) is 5.98. The number of aldehydes is 1. The van der Waals surface area contributed by atoms with Crippen LogP contribution in [0.5, 0.6) is 11.5 Å². The van der Waals surface area contributed by atoms with Crippen LogP contribution < -0.4 is 14.8 Å². The number of rotatable bonds is 12. The molecule has 10 heteroatoms. The molecule has 0 spiro atoms. The lowest BCUT2D eigenvalue weighted by atomic mass is 10.1. The van der Waals surface area contributed by atoms with Gasteiger partial charge in [-0.3, -0.25) is 19.7 Å². The van der Waals surface area contributed by atoms with Crippen molar-refractivity contribution in [1.82, 2.24) is 5.32 Å². The van der Waals surface area contributed by atoms with E-state index in [4.69, 9.17) is 19.3 Å².